The van der Waals surface area contributed by atoms with Gasteiger partial charge in [0.25, 0.3) is 0 Å². The maximum absolute atomic E-state index is 12.8. The van der Waals surface area contributed by atoms with Crippen LogP contribution in [0.3, 0.4) is 0 Å². The van der Waals surface area contributed by atoms with E-state index in [1.54, 1.807) is 41.5 Å². The average Bonchev–Trinajstić information content (AvgIpc) is 2.56. The molecule has 0 fully saturated rings. The summed E-state index contributed by atoms with van der Waals surface area (Å²) in [4.78, 5) is 37.1. The minimum atomic E-state index is -0.911. The average molecular weight is 421 g/mol. The first kappa shape index (κ1) is 25.5. The van der Waals surface area contributed by atoms with Crippen molar-refractivity contribution in [2.45, 2.75) is 91.0 Å². The highest BCUT2D eigenvalue weighted by Crippen LogP contribution is 2.12. The van der Waals surface area contributed by atoms with Gasteiger partial charge < -0.3 is 20.1 Å². The quantitative estimate of drug-likeness (QED) is 0.625. The second-order valence-electron chi connectivity index (χ2n) is 9.42. The first-order chi connectivity index (χ1) is 13.7. The van der Waals surface area contributed by atoms with Gasteiger partial charge in [0.15, 0.2) is 0 Å². The Bertz CT molecular complexity index is 705. The van der Waals surface area contributed by atoms with Gasteiger partial charge in [0.1, 0.15) is 17.2 Å². The highest BCUT2D eigenvalue weighted by Gasteiger charge is 2.27. The Balaban J connectivity index is 2.75. The Hall–Kier alpha value is -2.57. The third-order valence-corrected chi connectivity index (χ3v) is 3.84. The molecular formula is C23H36N2O5. The number of nitrogens with one attached hydrogen (secondary N) is 2. The number of benzene rings is 1. The highest BCUT2D eigenvalue weighted by atomic mass is 16.6. The first-order valence-corrected chi connectivity index (χ1v) is 10.3. The maximum Gasteiger partial charge on any atom is 0.408 e. The molecule has 1 rings (SSSR count). The zero-order chi connectivity index (χ0) is 22.9. The molecule has 1 aromatic rings. The molecule has 0 aromatic heterocycles. The molecule has 0 saturated heterocycles. The standard InChI is InChI=1S/C23H36N2O5/c1-16(15-17-11-9-8-10-12-17)24-20(27)18(25-21(28)30-23(5,6)7)13-14-19(26)29-22(2,3)4/h8-12,16,18H,13-15H2,1-7H3,(H,24,27)(H,25,28)/t16-,18-/m1/s1. The molecule has 1 aromatic carbocycles. The van der Waals surface area contributed by atoms with Crippen LogP contribution in [0.2, 0.25) is 0 Å². The fourth-order valence-corrected chi connectivity index (χ4v) is 2.74. The summed E-state index contributed by atoms with van der Waals surface area (Å²) in [6.45, 7) is 12.4. The van der Waals surface area contributed by atoms with E-state index < -0.39 is 29.3 Å². The van der Waals surface area contributed by atoms with Crippen molar-refractivity contribution < 1.29 is 23.9 Å². The van der Waals surface area contributed by atoms with Crippen molar-refractivity contribution in [1.82, 2.24) is 10.6 Å². The van der Waals surface area contributed by atoms with Crippen LogP contribution in [0.4, 0.5) is 4.79 Å². The van der Waals surface area contributed by atoms with Crippen molar-refractivity contribution in [2.24, 2.45) is 0 Å². The molecule has 2 N–H and O–H groups in total. The third kappa shape index (κ3) is 11.4. The number of ether oxygens (including phenoxy) is 2. The molecule has 0 bridgehead atoms. The Morgan fingerprint density at radius 1 is 0.900 bits per heavy atom. The van der Waals surface area contributed by atoms with Gasteiger partial charge in [-0.25, -0.2) is 4.79 Å². The second kappa shape index (κ2) is 11.0. The molecule has 0 heterocycles. The molecule has 0 unspecified atom stereocenters. The lowest BCUT2D eigenvalue weighted by Crippen LogP contribution is -2.50. The minimum absolute atomic E-state index is 0.00177. The molecule has 7 heteroatoms. The van der Waals surface area contributed by atoms with E-state index in [1.807, 2.05) is 37.3 Å². The van der Waals surface area contributed by atoms with Gasteiger partial charge in [0.05, 0.1) is 0 Å². The predicted octanol–water partition coefficient (Wildman–Crippen LogP) is 3.75. The van der Waals surface area contributed by atoms with E-state index in [9.17, 15) is 14.4 Å². The van der Waals surface area contributed by atoms with Crippen LogP contribution in [0.25, 0.3) is 0 Å². The van der Waals surface area contributed by atoms with Gasteiger partial charge in [-0.15, -0.1) is 0 Å². The molecule has 0 aliphatic heterocycles. The van der Waals surface area contributed by atoms with E-state index >= 15 is 0 Å². The normalized spacial score (nSPS) is 13.7. The molecule has 30 heavy (non-hydrogen) atoms. The fraction of sp³-hybridized carbons (Fsp3) is 0.609. The summed E-state index contributed by atoms with van der Waals surface area (Å²) < 4.78 is 10.6. The van der Waals surface area contributed by atoms with Crippen molar-refractivity contribution in [3.63, 3.8) is 0 Å². The van der Waals surface area contributed by atoms with Gasteiger partial charge in [-0.05, 0) is 66.9 Å². The number of carbonyl (C=O) groups is 3. The number of esters is 1. The molecule has 0 spiro atoms. The Labute approximate surface area is 179 Å². The van der Waals surface area contributed by atoms with Crippen LogP contribution >= 0.6 is 0 Å². The van der Waals surface area contributed by atoms with E-state index in [2.05, 4.69) is 10.6 Å². The van der Waals surface area contributed by atoms with Crippen molar-refractivity contribution in [3.8, 4) is 0 Å². The second-order valence-corrected chi connectivity index (χ2v) is 9.42. The first-order valence-electron chi connectivity index (χ1n) is 10.3. The van der Waals surface area contributed by atoms with Crippen LogP contribution in [-0.4, -0.2) is 41.3 Å². The van der Waals surface area contributed by atoms with Crippen LogP contribution in [0.15, 0.2) is 30.3 Å². The Morgan fingerprint density at radius 3 is 2.00 bits per heavy atom. The lowest BCUT2D eigenvalue weighted by Gasteiger charge is -2.25. The van der Waals surface area contributed by atoms with Crippen molar-refractivity contribution in [3.05, 3.63) is 35.9 Å². The summed E-state index contributed by atoms with van der Waals surface area (Å²) in [5.41, 5.74) is -0.218. The van der Waals surface area contributed by atoms with Gasteiger partial charge in [0, 0.05) is 12.5 Å². The third-order valence-electron chi connectivity index (χ3n) is 3.84. The summed E-state index contributed by atoms with van der Waals surface area (Å²) >= 11 is 0. The monoisotopic (exact) mass is 420 g/mol. The Morgan fingerprint density at radius 2 is 1.47 bits per heavy atom. The molecule has 0 saturated carbocycles. The molecule has 168 valence electrons. The van der Waals surface area contributed by atoms with Gasteiger partial charge in [0.2, 0.25) is 5.91 Å². The topological polar surface area (TPSA) is 93.7 Å². The van der Waals surface area contributed by atoms with Crippen LogP contribution in [0.1, 0.15) is 66.9 Å². The number of hydrogen-bond donors (Lipinski definition) is 2. The zero-order valence-corrected chi connectivity index (χ0v) is 19.2. The van der Waals surface area contributed by atoms with E-state index in [0.717, 1.165) is 5.56 Å². The number of carbonyl (C=O) groups excluding carboxylic acids is 3. The number of rotatable bonds is 8. The lowest BCUT2D eigenvalue weighted by atomic mass is 10.1. The van der Waals surface area contributed by atoms with Gasteiger partial charge in [-0.1, -0.05) is 30.3 Å². The molecule has 0 aliphatic carbocycles. The summed E-state index contributed by atoms with van der Waals surface area (Å²) in [5.74, 6) is -0.795. The lowest BCUT2D eigenvalue weighted by molar-refractivity contribution is -0.155. The number of alkyl carbamates (subject to hydrolysis) is 1. The molecule has 0 aliphatic rings. The SMILES string of the molecule is C[C@H](Cc1ccccc1)NC(=O)[C@@H](CCC(=O)OC(C)(C)C)NC(=O)OC(C)(C)C. The summed E-state index contributed by atoms with van der Waals surface area (Å²) in [5, 5.41) is 5.49. The van der Waals surface area contributed by atoms with Crippen LogP contribution in [0.5, 0.6) is 0 Å². The molecule has 0 radical (unpaired) electrons. The van der Waals surface area contributed by atoms with Crippen LogP contribution in [0, 0.1) is 0 Å². The number of hydrogen-bond acceptors (Lipinski definition) is 5. The fourth-order valence-electron chi connectivity index (χ4n) is 2.74. The van der Waals surface area contributed by atoms with Crippen molar-refractivity contribution in [2.75, 3.05) is 0 Å². The van der Waals surface area contributed by atoms with Crippen LogP contribution < -0.4 is 10.6 Å². The predicted molar refractivity (Wildman–Crippen MR) is 116 cm³/mol. The molecule has 7 nitrogen and oxygen atoms in total. The smallest absolute Gasteiger partial charge is 0.408 e. The van der Waals surface area contributed by atoms with Gasteiger partial charge >= 0.3 is 12.1 Å². The van der Waals surface area contributed by atoms with Crippen molar-refractivity contribution in [1.29, 1.82) is 0 Å². The van der Waals surface area contributed by atoms with E-state index in [4.69, 9.17) is 9.47 Å². The minimum Gasteiger partial charge on any atom is -0.460 e. The maximum atomic E-state index is 12.8. The number of amides is 2. The van der Waals surface area contributed by atoms with E-state index in [-0.39, 0.29) is 24.8 Å². The van der Waals surface area contributed by atoms with Gasteiger partial charge in [-0.3, -0.25) is 9.59 Å². The summed E-state index contributed by atoms with van der Waals surface area (Å²) in [6, 6.07) is 8.73. The van der Waals surface area contributed by atoms with E-state index in [0.29, 0.717) is 6.42 Å². The molecule has 2 amide bonds. The summed E-state index contributed by atoms with van der Waals surface area (Å²) in [6.07, 6.45) is 0.0520. The van der Waals surface area contributed by atoms with Gasteiger partial charge in [-0.2, -0.15) is 0 Å². The highest BCUT2D eigenvalue weighted by molar-refractivity contribution is 5.86. The van der Waals surface area contributed by atoms with Crippen molar-refractivity contribution >= 4 is 18.0 Å². The summed E-state index contributed by atoms with van der Waals surface area (Å²) in [7, 11) is 0. The molecular weight excluding hydrogens is 384 g/mol. The van der Waals surface area contributed by atoms with E-state index in [1.165, 1.54) is 0 Å². The largest absolute Gasteiger partial charge is 0.460 e. The Kier molecular flexibility index (Phi) is 9.33. The van der Waals surface area contributed by atoms with Crippen LogP contribution in [-0.2, 0) is 25.5 Å². The zero-order valence-electron chi connectivity index (χ0n) is 19.2. The molecule has 2 atom stereocenters.